The smallest absolute Gasteiger partial charge is 0.227 e. The Morgan fingerprint density at radius 3 is 2.74 bits per heavy atom. The zero-order chi connectivity index (χ0) is 18.6. The topological polar surface area (TPSA) is 62.5 Å². The van der Waals surface area contributed by atoms with Crippen LogP contribution in [0.3, 0.4) is 0 Å². The van der Waals surface area contributed by atoms with Gasteiger partial charge in [-0.05, 0) is 49.1 Å². The second-order valence-corrected chi connectivity index (χ2v) is 7.77. The molecule has 0 unspecified atom stereocenters. The number of rotatable bonds is 6. The van der Waals surface area contributed by atoms with E-state index in [0.29, 0.717) is 19.0 Å². The zero-order valence-corrected chi connectivity index (χ0v) is 15.8. The Bertz CT molecular complexity index is 779. The summed E-state index contributed by atoms with van der Waals surface area (Å²) in [6.07, 6.45) is 4.81. The van der Waals surface area contributed by atoms with E-state index >= 15 is 0 Å². The third-order valence-electron chi connectivity index (χ3n) is 5.76. The maximum absolute atomic E-state index is 13.0. The van der Waals surface area contributed by atoms with Gasteiger partial charge in [0.25, 0.3) is 0 Å². The van der Waals surface area contributed by atoms with Gasteiger partial charge >= 0.3 is 0 Å². The number of fused-ring (bicyclic) bond motifs is 4. The van der Waals surface area contributed by atoms with Crippen molar-refractivity contribution in [2.75, 3.05) is 19.6 Å². The van der Waals surface area contributed by atoms with Gasteiger partial charge in [0.2, 0.25) is 5.91 Å². The minimum atomic E-state index is 0.111. The fourth-order valence-corrected chi connectivity index (χ4v) is 4.44. The van der Waals surface area contributed by atoms with Crippen LogP contribution in [0.15, 0.2) is 48.7 Å². The predicted octanol–water partition coefficient (Wildman–Crippen LogP) is 2.21. The van der Waals surface area contributed by atoms with E-state index in [-0.39, 0.29) is 12.0 Å². The number of pyridine rings is 1. The Balaban J connectivity index is 1.47. The molecule has 0 radical (unpaired) electrons. The zero-order valence-electron chi connectivity index (χ0n) is 15.8. The van der Waals surface area contributed by atoms with Crippen LogP contribution < -0.4 is 5.73 Å². The van der Waals surface area contributed by atoms with Gasteiger partial charge in [0.15, 0.2) is 0 Å². The van der Waals surface area contributed by atoms with Crippen LogP contribution in [-0.4, -0.2) is 46.4 Å². The van der Waals surface area contributed by atoms with E-state index in [1.54, 1.807) is 6.20 Å². The number of carbonyl (C=O) groups excluding carboxylic acids is 1. The Morgan fingerprint density at radius 2 is 1.93 bits per heavy atom. The summed E-state index contributed by atoms with van der Waals surface area (Å²) in [6, 6.07) is 14.9. The number of benzene rings is 1. The summed E-state index contributed by atoms with van der Waals surface area (Å²) in [5, 5.41) is 0. The molecule has 5 nitrogen and oxygen atoms in total. The summed E-state index contributed by atoms with van der Waals surface area (Å²) in [4.78, 5) is 22.0. The van der Waals surface area contributed by atoms with Crippen LogP contribution in [0.5, 0.6) is 0 Å². The molecule has 3 aliphatic heterocycles. The molecule has 2 atom stereocenters. The third kappa shape index (κ3) is 4.20. The second-order valence-electron chi connectivity index (χ2n) is 7.77. The molecule has 27 heavy (non-hydrogen) atoms. The van der Waals surface area contributed by atoms with E-state index in [1.807, 2.05) is 18.2 Å². The highest BCUT2D eigenvalue weighted by Crippen LogP contribution is 2.31. The van der Waals surface area contributed by atoms with E-state index in [0.717, 1.165) is 44.6 Å². The van der Waals surface area contributed by atoms with Crippen molar-refractivity contribution in [2.24, 2.45) is 11.7 Å². The summed E-state index contributed by atoms with van der Waals surface area (Å²) in [7, 11) is 0. The van der Waals surface area contributed by atoms with E-state index < -0.39 is 0 Å². The van der Waals surface area contributed by atoms with Crippen molar-refractivity contribution in [1.29, 1.82) is 0 Å². The molecular formula is C22H28N4O. The number of carbonyl (C=O) groups is 1. The lowest BCUT2D eigenvalue weighted by Gasteiger charge is -2.35. The highest BCUT2D eigenvalue weighted by atomic mass is 16.2. The summed E-state index contributed by atoms with van der Waals surface area (Å²) in [5.41, 5.74) is 9.27. The van der Waals surface area contributed by atoms with Crippen LogP contribution >= 0.6 is 0 Å². The highest BCUT2D eigenvalue weighted by molar-refractivity contribution is 5.80. The standard InChI is InChI=1S/C22H28N4O/c23-10-9-17-4-3-5-18(12-17)13-25-14-19-7-8-21(16-25)26(22(19)27)15-20-6-1-2-11-24-20/h1-6,11-12,19,21H,7-10,13-16,23H2/t19-,21+/m1/s1. The van der Waals surface area contributed by atoms with Crippen molar-refractivity contribution in [1.82, 2.24) is 14.8 Å². The maximum Gasteiger partial charge on any atom is 0.227 e. The van der Waals surface area contributed by atoms with Gasteiger partial charge in [0, 0.05) is 31.9 Å². The fraction of sp³-hybridized carbons (Fsp3) is 0.455. The Labute approximate surface area is 161 Å². The van der Waals surface area contributed by atoms with Gasteiger partial charge in [0.05, 0.1) is 18.2 Å². The number of nitrogens with zero attached hydrogens (tertiary/aromatic N) is 3. The molecule has 5 rings (SSSR count). The first kappa shape index (κ1) is 18.1. The first-order chi connectivity index (χ1) is 13.2. The SMILES string of the molecule is NCCc1cccc(CN2C[C@H]3CC[C@@H](C2)N(Cc2ccccn2)C3=O)c1. The lowest BCUT2D eigenvalue weighted by molar-refractivity contribution is -0.140. The minimum absolute atomic E-state index is 0.111. The van der Waals surface area contributed by atoms with Gasteiger partial charge in [0.1, 0.15) is 0 Å². The maximum atomic E-state index is 13.0. The lowest BCUT2D eigenvalue weighted by atomic mass is 9.94. The van der Waals surface area contributed by atoms with Crippen LogP contribution in [-0.2, 0) is 24.3 Å². The number of hydrogen-bond donors (Lipinski definition) is 1. The lowest BCUT2D eigenvalue weighted by Crippen LogP contribution is -2.47. The predicted molar refractivity (Wildman–Crippen MR) is 106 cm³/mol. The van der Waals surface area contributed by atoms with Gasteiger partial charge in [-0.25, -0.2) is 0 Å². The Morgan fingerprint density at radius 1 is 1.04 bits per heavy atom. The van der Waals surface area contributed by atoms with Gasteiger partial charge in [-0.3, -0.25) is 14.7 Å². The molecule has 2 aromatic rings. The summed E-state index contributed by atoms with van der Waals surface area (Å²) < 4.78 is 0. The normalized spacial score (nSPS) is 22.9. The first-order valence-corrected chi connectivity index (χ1v) is 9.93. The minimum Gasteiger partial charge on any atom is -0.332 e. The molecule has 1 aromatic heterocycles. The molecule has 2 N–H and O–H groups in total. The van der Waals surface area contributed by atoms with E-state index in [1.165, 1.54) is 11.1 Å². The first-order valence-electron chi connectivity index (χ1n) is 9.93. The average Bonchev–Trinajstić information content (AvgIpc) is 2.95. The van der Waals surface area contributed by atoms with Gasteiger partial charge in [-0.15, -0.1) is 0 Å². The quantitative estimate of drug-likeness (QED) is 0.854. The molecule has 1 aromatic carbocycles. The summed E-state index contributed by atoms with van der Waals surface area (Å²) >= 11 is 0. The van der Waals surface area contributed by atoms with E-state index in [9.17, 15) is 4.79 Å². The summed E-state index contributed by atoms with van der Waals surface area (Å²) in [6.45, 7) is 4.00. The van der Waals surface area contributed by atoms with Crippen molar-refractivity contribution in [3.63, 3.8) is 0 Å². The number of aromatic nitrogens is 1. The van der Waals surface area contributed by atoms with Crippen LogP contribution in [0.1, 0.15) is 29.7 Å². The molecule has 1 amide bonds. The van der Waals surface area contributed by atoms with Crippen molar-refractivity contribution in [3.8, 4) is 0 Å². The fourth-order valence-electron chi connectivity index (χ4n) is 4.44. The average molecular weight is 364 g/mol. The Kier molecular flexibility index (Phi) is 5.50. The molecule has 3 aliphatic rings. The molecule has 0 saturated carbocycles. The molecule has 5 heteroatoms. The molecule has 3 saturated heterocycles. The third-order valence-corrected chi connectivity index (χ3v) is 5.76. The van der Waals surface area contributed by atoms with Crippen LogP contribution in [0, 0.1) is 5.92 Å². The number of hydrogen-bond acceptors (Lipinski definition) is 4. The largest absolute Gasteiger partial charge is 0.332 e. The number of nitrogens with two attached hydrogens (primary N) is 1. The van der Waals surface area contributed by atoms with Crippen LogP contribution in [0.4, 0.5) is 0 Å². The second kappa shape index (κ2) is 8.19. The van der Waals surface area contributed by atoms with E-state index in [4.69, 9.17) is 5.73 Å². The molecule has 142 valence electrons. The van der Waals surface area contributed by atoms with Crippen molar-refractivity contribution < 1.29 is 4.79 Å². The van der Waals surface area contributed by atoms with Crippen LogP contribution in [0.25, 0.3) is 0 Å². The van der Waals surface area contributed by atoms with Crippen molar-refractivity contribution >= 4 is 5.91 Å². The van der Waals surface area contributed by atoms with Crippen molar-refractivity contribution in [2.45, 2.75) is 38.4 Å². The number of amides is 1. The molecule has 2 bridgehead atoms. The molecule has 4 heterocycles. The van der Waals surface area contributed by atoms with Gasteiger partial charge in [-0.1, -0.05) is 30.3 Å². The van der Waals surface area contributed by atoms with Crippen LogP contribution in [0.2, 0.25) is 0 Å². The Hall–Kier alpha value is -2.24. The molecule has 0 spiro atoms. The highest BCUT2D eigenvalue weighted by Gasteiger charge is 2.40. The number of piperidine rings is 1. The molecule has 0 aliphatic carbocycles. The molecule has 3 fully saturated rings. The van der Waals surface area contributed by atoms with Gasteiger partial charge in [-0.2, -0.15) is 0 Å². The van der Waals surface area contributed by atoms with Gasteiger partial charge < -0.3 is 10.6 Å². The summed E-state index contributed by atoms with van der Waals surface area (Å²) in [5.74, 6) is 0.413. The molecular weight excluding hydrogens is 336 g/mol. The van der Waals surface area contributed by atoms with Crippen molar-refractivity contribution in [3.05, 3.63) is 65.5 Å². The van der Waals surface area contributed by atoms with E-state index in [2.05, 4.69) is 39.0 Å². The monoisotopic (exact) mass is 364 g/mol.